The number of fused-ring (bicyclic) bond motifs is 2. The zero-order chi connectivity index (χ0) is 20.8. The fraction of sp³-hybridized carbons (Fsp3) is 0.409. The van der Waals surface area contributed by atoms with Crippen LogP contribution in [0.4, 0.5) is 10.3 Å². The molecule has 1 atom stereocenters. The lowest BCUT2D eigenvalue weighted by molar-refractivity contribution is 0.120. The molecule has 0 radical (unpaired) electrons. The first kappa shape index (κ1) is 19.0. The Kier molecular flexibility index (Phi) is 4.66. The van der Waals surface area contributed by atoms with Crippen molar-refractivity contribution in [2.45, 2.75) is 45.8 Å². The van der Waals surface area contributed by atoms with Crippen LogP contribution >= 0.6 is 0 Å². The maximum absolute atomic E-state index is 14.9. The molecule has 0 saturated carbocycles. The molecule has 3 aromatic heterocycles. The first-order chi connectivity index (χ1) is 14.5. The van der Waals surface area contributed by atoms with E-state index in [1.807, 2.05) is 25.3 Å². The lowest BCUT2D eigenvalue weighted by Crippen LogP contribution is -2.20. The highest BCUT2D eigenvalue weighted by atomic mass is 19.1. The van der Waals surface area contributed by atoms with Crippen molar-refractivity contribution in [2.75, 3.05) is 18.5 Å². The van der Waals surface area contributed by atoms with Crippen LogP contribution in [0.25, 0.3) is 27.7 Å². The minimum atomic E-state index is -0.319. The number of anilines is 1. The molecule has 1 aliphatic rings. The zero-order valence-electron chi connectivity index (χ0n) is 17.4. The maximum atomic E-state index is 14.9. The number of rotatable bonds is 5. The minimum absolute atomic E-state index is 0.191. The van der Waals surface area contributed by atoms with E-state index in [0.717, 1.165) is 47.4 Å². The Bertz CT molecular complexity index is 1220. The highest BCUT2D eigenvalue weighted by Crippen LogP contribution is 2.32. The molecule has 1 aliphatic heterocycles. The second-order valence-corrected chi connectivity index (χ2v) is 8.11. The van der Waals surface area contributed by atoms with Crippen LogP contribution < -0.4 is 5.32 Å². The Balaban J connectivity index is 1.51. The maximum Gasteiger partial charge on any atom is 0.241 e. The van der Waals surface area contributed by atoms with Gasteiger partial charge in [-0.15, -0.1) is 5.10 Å². The third-order valence-electron chi connectivity index (χ3n) is 5.68. The topological polar surface area (TPSA) is 69.3 Å². The van der Waals surface area contributed by atoms with Crippen molar-refractivity contribution in [1.29, 1.82) is 0 Å². The van der Waals surface area contributed by atoms with E-state index < -0.39 is 0 Å². The summed E-state index contributed by atoms with van der Waals surface area (Å²) in [7, 11) is 0. The molecule has 1 N–H and O–H groups in total. The summed E-state index contributed by atoms with van der Waals surface area (Å²) in [4.78, 5) is 8.87. The summed E-state index contributed by atoms with van der Waals surface area (Å²) in [6.45, 7) is 7.58. The second-order valence-electron chi connectivity index (χ2n) is 8.11. The van der Waals surface area contributed by atoms with Crippen LogP contribution in [-0.4, -0.2) is 43.4 Å². The summed E-state index contributed by atoms with van der Waals surface area (Å²) in [5, 5.41) is 7.79. The summed E-state index contributed by atoms with van der Waals surface area (Å²) in [6.07, 6.45) is 6.02. The van der Waals surface area contributed by atoms with Gasteiger partial charge in [0, 0.05) is 31.0 Å². The van der Waals surface area contributed by atoms with Gasteiger partial charge < -0.3 is 14.6 Å². The number of hydrogen-bond acceptors (Lipinski definition) is 5. The van der Waals surface area contributed by atoms with Crippen molar-refractivity contribution in [3.8, 4) is 11.1 Å². The highest BCUT2D eigenvalue weighted by Gasteiger charge is 2.18. The third-order valence-corrected chi connectivity index (χ3v) is 5.68. The lowest BCUT2D eigenvalue weighted by Gasteiger charge is -2.12. The van der Waals surface area contributed by atoms with Crippen molar-refractivity contribution >= 4 is 22.5 Å². The predicted molar refractivity (Wildman–Crippen MR) is 114 cm³/mol. The fourth-order valence-electron chi connectivity index (χ4n) is 4.31. The van der Waals surface area contributed by atoms with Crippen molar-refractivity contribution < 1.29 is 9.13 Å². The van der Waals surface area contributed by atoms with Crippen LogP contribution in [0, 0.1) is 12.7 Å². The Hall–Kier alpha value is -3.00. The van der Waals surface area contributed by atoms with Crippen LogP contribution in [0.15, 0.2) is 30.6 Å². The molecule has 7 nitrogen and oxygen atoms in total. The van der Waals surface area contributed by atoms with Crippen LogP contribution in [0.2, 0.25) is 0 Å². The smallest absolute Gasteiger partial charge is 0.241 e. The van der Waals surface area contributed by atoms with Gasteiger partial charge in [-0.3, -0.25) is 0 Å². The van der Waals surface area contributed by atoms with Gasteiger partial charge in [0.15, 0.2) is 5.82 Å². The number of aromatic nitrogens is 5. The normalized spacial score (nSPS) is 16.9. The van der Waals surface area contributed by atoms with Gasteiger partial charge in [-0.1, -0.05) is 0 Å². The zero-order valence-corrected chi connectivity index (χ0v) is 17.4. The van der Waals surface area contributed by atoms with Crippen molar-refractivity contribution in [1.82, 2.24) is 24.1 Å². The van der Waals surface area contributed by atoms with Crippen LogP contribution in [0.1, 0.15) is 38.6 Å². The molecule has 1 aromatic carbocycles. The molecule has 4 aromatic rings. The SMILES string of the molecule is Cc1nc2c(F)cc(-c3ccn4nc(NCC5CCCO5)ncc34)cc2n1C(C)C. The van der Waals surface area contributed by atoms with Crippen molar-refractivity contribution in [2.24, 2.45) is 0 Å². The molecule has 1 saturated heterocycles. The van der Waals surface area contributed by atoms with Gasteiger partial charge in [-0.25, -0.2) is 18.9 Å². The Labute approximate surface area is 173 Å². The Morgan fingerprint density at radius 1 is 1.30 bits per heavy atom. The predicted octanol–water partition coefficient (Wildman–Crippen LogP) is 4.37. The Morgan fingerprint density at radius 2 is 2.17 bits per heavy atom. The molecular formula is C22H25FN6O. The van der Waals surface area contributed by atoms with Gasteiger partial charge in [-0.2, -0.15) is 0 Å². The van der Waals surface area contributed by atoms with E-state index in [1.54, 1.807) is 16.8 Å². The molecule has 8 heteroatoms. The first-order valence-corrected chi connectivity index (χ1v) is 10.4. The standard InChI is InChI=1S/C22H25FN6O/c1-13(2)29-14(3)26-21-18(23)9-15(10-19(21)29)17-6-7-28-20(17)12-25-22(27-28)24-11-16-5-4-8-30-16/h6-7,9-10,12-13,16H,4-5,8,11H2,1-3H3,(H,24,27). The molecule has 1 unspecified atom stereocenters. The molecular weight excluding hydrogens is 383 g/mol. The molecule has 5 rings (SSSR count). The van der Waals surface area contributed by atoms with Crippen LogP contribution in [-0.2, 0) is 4.74 Å². The summed E-state index contributed by atoms with van der Waals surface area (Å²) < 4.78 is 24.3. The fourth-order valence-corrected chi connectivity index (χ4v) is 4.31. The highest BCUT2D eigenvalue weighted by molar-refractivity contribution is 5.88. The minimum Gasteiger partial charge on any atom is -0.376 e. The van der Waals surface area contributed by atoms with Gasteiger partial charge >= 0.3 is 0 Å². The number of halogens is 1. The number of benzene rings is 1. The van der Waals surface area contributed by atoms with E-state index in [2.05, 4.69) is 38.8 Å². The molecule has 30 heavy (non-hydrogen) atoms. The van der Waals surface area contributed by atoms with E-state index in [9.17, 15) is 4.39 Å². The first-order valence-electron chi connectivity index (χ1n) is 10.4. The van der Waals surface area contributed by atoms with Gasteiger partial charge in [0.2, 0.25) is 5.95 Å². The molecule has 0 bridgehead atoms. The van der Waals surface area contributed by atoms with E-state index in [1.165, 1.54) is 0 Å². The largest absolute Gasteiger partial charge is 0.376 e. The summed E-state index contributed by atoms with van der Waals surface area (Å²) in [5.41, 5.74) is 3.70. The van der Waals surface area contributed by atoms with Gasteiger partial charge in [0.05, 0.1) is 23.3 Å². The molecule has 0 amide bonds. The van der Waals surface area contributed by atoms with Gasteiger partial charge in [0.25, 0.3) is 0 Å². The van der Waals surface area contributed by atoms with Crippen molar-refractivity contribution in [3.05, 3.63) is 42.2 Å². The van der Waals surface area contributed by atoms with E-state index >= 15 is 0 Å². The average Bonchev–Trinajstić information content (AvgIpc) is 3.44. The van der Waals surface area contributed by atoms with E-state index in [4.69, 9.17) is 4.74 Å². The number of nitrogens with one attached hydrogen (secondary N) is 1. The van der Waals surface area contributed by atoms with Gasteiger partial charge in [0.1, 0.15) is 11.3 Å². The number of imidazole rings is 1. The summed E-state index contributed by atoms with van der Waals surface area (Å²) in [6, 6.07) is 5.67. The molecule has 4 heterocycles. The average molecular weight is 408 g/mol. The third kappa shape index (κ3) is 3.21. The Morgan fingerprint density at radius 3 is 2.93 bits per heavy atom. The van der Waals surface area contributed by atoms with E-state index in [-0.39, 0.29) is 18.0 Å². The summed E-state index contributed by atoms with van der Waals surface area (Å²) in [5.74, 6) is 1.04. The van der Waals surface area contributed by atoms with E-state index in [0.29, 0.717) is 18.0 Å². The van der Waals surface area contributed by atoms with Crippen LogP contribution in [0.3, 0.4) is 0 Å². The number of nitrogens with zero attached hydrogens (tertiary/aromatic N) is 5. The monoisotopic (exact) mass is 408 g/mol. The van der Waals surface area contributed by atoms with Crippen LogP contribution in [0.5, 0.6) is 0 Å². The number of aryl methyl sites for hydroxylation is 1. The molecule has 156 valence electrons. The summed E-state index contributed by atoms with van der Waals surface area (Å²) >= 11 is 0. The van der Waals surface area contributed by atoms with Gasteiger partial charge in [-0.05, 0) is 57.4 Å². The number of ether oxygens (including phenoxy) is 1. The van der Waals surface area contributed by atoms with Crippen molar-refractivity contribution in [3.63, 3.8) is 0 Å². The molecule has 1 fully saturated rings. The molecule has 0 aliphatic carbocycles. The lowest BCUT2D eigenvalue weighted by atomic mass is 10.1. The number of hydrogen-bond donors (Lipinski definition) is 1. The second kappa shape index (κ2) is 7.36. The molecule has 0 spiro atoms. The quantitative estimate of drug-likeness (QED) is 0.531.